The minimum atomic E-state index is 0. The van der Waals surface area contributed by atoms with Crippen molar-refractivity contribution in [3.05, 3.63) is 47.5 Å². The Labute approximate surface area is 209 Å². The first kappa shape index (κ1) is 26.5. The molecule has 1 aliphatic rings. The molecule has 0 bridgehead atoms. The van der Waals surface area contributed by atoms with Crippen molar-refractivity contribution in [2.45, 2.75) is 51.7 Å². The van der Waals surface area contributed by atoms with E-state index in [9.17, 15) is 0 Å². The maximum Gasteiger partial charge on any atom is 0.192 e. The van der Waals surface area contributed by atoms with Gasteiger partial charge in [0, 0.05) is 46.4 Å². The van der Waals surface area contributed by atoms with Gasteiger partial charge in [-0.2, -0.15) is 0 Å². The quantitative estimate of drug-likeness (QED) is 0.215. The minimum Gasteiger partial charge on any atom is -0.385 e. The van der Waals surface area contributed by atoms with Crippen LogP contribution in [0.25, 0.3) is 0 Å². The summed E-state index contributed by atoms with van der Waals surface area (Å²) in [5.74, 6) is 2.58. The smallest absolute Gasteiger partial charge is 0.192 e. The fourth-order valence-corrected chi connectivity index (χ4v) is 3.83. The standard InChI is InChI=1S/C23H37N7O.HI/c1-18(20-9-6-5-7-10-20)25-23(24-17-22-28-27-19(2)29(22)3)26-21-11-14-30(15-12-21)13-8-16-31-4;/h5-7,9-10,18,21H,8,11-17H2,1-4H3,(H2,24,25,26);1H. The van der Waals surface area contributed by atoms with E-state index in [2.05, 4.69) is 56.9 Å². The van der Waals surface area contributed by atoms with Gasteiger partial charge in [0.15, 0.2) is 11.8 Å². The lowest BCUT2D eigenvalue weighted by Gasteiger charge is -2.33. The van der Waals surface area contributed by atoms with E-state index in [-0.39, 0.29) is 30.0 Å². The topological polar surface area (TPSA) is 79.6 Å². The van der Waals surface area contributed by atoms with E-state index >= 15 is 0 Å². The normalized spacial score (nSPS) is 16.4. The van der Waals surface area contributed by atoms with Crippen molar-refractivity contribution in [3.63, 3.8) is 0 Å². The Bertz CT molecular complexity index is 819. The number of guanidine groups is 1. The molecule has 178 valence electrons. The molecular formula is C23H38IN7O. The van der Waals surface area contributed by atoms with Crippen LogP contribution in [0, 0.1) is 6.92 Å². The number of hydrogen-bond donors (Lipinski definition) is 2. The van der Waals surface area contributed by atoms with Crippen molar-refractivity contribution in [3.8, 4) is 0 Å². The maximum absolute atomic E-state index is 5.18. The molecule has 32 heavy (non-hydrogen) atoms. The molecule has 9 heteroatoms. The highest BCUT2D eigenvalue weighted by molar-refractivity contribution is 14.0. The summed E-state index contributed by atoms with van der Waals surface area (Å²) in [6.07, 6.45) is 3.31. The van der Waals surface area contributed by atoms with Crippen molar-refractivity contribution in [1.82, 2.24) is 30.3 Å². The van der Waals surface area contributed by atoms with Gasteiger partial charge in [0.25, 0.3) is 0 Å². The van der Waals surface area contributed by atoms with Crippen LogP contribution in [0.3, 0.4) is 0 Å². The van der Waals surface area contributed by atoms with E-state index in [0.29, 0.717) is 12.6 Å². The SMILES string of the molecule is COCCCN1CCC(NC(=NCc2nnc(C)n2C)NC(C)c2ccccc2)CC1.I. The Morgan fingerprint density at radius 3 is 2.56 bits per heavy atom. The monoisotopic (exact) mass is 555 g/mol. The molecule has 3 rings (SSSR count). The number of ether oxygens (including phenoxy) is 1. The average molecular weight is 556 g/mol. The Balaban J connectivity index is 0.00000363. The lowest BCUT2D eigenvalue weighted by atomic mass is 10.0. The van der Waals surface area contributed by atoms with Crippen molar-refractivity contribution in [2.24, 2.45) is 12.0 Å². The molecule has 1 atom stereocenters. The van der Waals surface area contributed by atoms with Gasteiger partial charge in [0.05, 0.1) is 6.04 Å². The molecule has 1 unspecified atom stereocenters. The van der Waals surface area contributed by atoms with Crippen LogP contribution in [0.5, 0.6) is 0 Å². The fraction of sp³-hybridized carbons (Fsp3) is 0.609. The zero-order chi connectivity index (χ0) is 22.1. The average Bonchev–Trinajstić information content (AvgIpc) is 3.11. The van der Waals surface area contributed by atoms with Gasteiger partial charge in [0.1, 0.15) is 12.4 Å². The van der Waals surface area contributed by atoms with Gasteiger partial charge >= 0.3 is 0 Å². The molecule has 0 spiro atoms. The molecule has 0 radical (unpaired) electrons. The Kier molecular flexibility index (Phi) is 11.4. The lowest BCUT2D eigenvalue weighted by Crippen LogP contribution is -2.49. The Morgan fingerprint density at radius 1 is 1.22 bits per heavy atom. The second kappa shape index (κ2) is 13.7. The third-order valence-corrected chi connectivity index (χ3v) is 5.97. The van der Waals surface area contributed by atoms with Gasteiger partial charge in [-0.05, 0) is 38.7 Å². The number of aryl methyl sites for hydroxylation is 1. The zero-order valence-electron chi connectivity index (χ0n) is 19.8. The third-order valence-electron chi connectivity index (χ3n) is 5.97. The number of hydrogen-bond acceptors (Lipinski definition) is 5. The van der Waals surface area contributed by atoms with E-state index in [1.807, 2.05) is 24.6 Å². The Morgan fingerprint density at radius 2 is 1.94 bits per heavy atom. The predicted octanol–water partition coefficient (Wildman–Crippen LogP) is 3.04. The van der Waals surface area contributed by atoms with Crippen molar-refractivity contribution in [2.75, 3.05) is 33.4 Å². The van der Waals surface area contributed by atoms with Gasteiger partial charge in [-0.3, -0.25) is 0 Å². The predicted molar refractivity (Wildman–Crippen MR) is 139 cm³/mol. The van der Waals surface area contributed by atoms with E-state index in [1.165, 1.54) is 5.56 Å². The molecule has 2 aromatic rings. The number of rotatable bonds is 9. The molecule has 2 heterocycles. The van der Waals surface area contributed by atoms with Gasteiger partial charge in [-0.1, -0.05) is 30.3 Å². The van der Waals surface area contributed by atoms with E-state index < -0.39 is 0 Å². The van der Waals surface area contributed by atoms with Crippen LogP contribution in [0.1, 0.15) is 49.4 Å². The number of likely N-dealkylation sites (tertiary alicyclic amines) is 1. The number of benzene rings is 1. The van der Waals surface area contributed by atoms with Crippen LogP contribution in [-0.4, -0.2) is 65.0 Å². The van der Waals surface area contributed by atoms with E-state index in [4.69, 9.17) is 9.73 Å². The summed E-state index contributed by atoms with van der Waals surface area (Å²) in [4.78, 5) is 7.37. The van der Waals surface area contributed by atoms with Gasteiger partial charge < -0.3 is 24.8 Å². The minimum absolute atomic E-state index is 0. The third kappa shape index (κ3) is 8.00. The second-order valence-electron chi connectivity index (χ2n) is 8.27. The zero-order valence-corrected chi connectivity index (χ0v) is 22.1. The molecule has 1 fully saturated rings. The second-order valence-corrected chi connectivity index (χ2v) is 8.27. The molecule has 1 aromatic carbocycles. The van der Waals surface area contributed by atoms with Gasteiger partial charge in [-0.15, -0.1) is 34.2 Å². The summed E-state index contributed by atoms with van der Waals surface area (Å²) in [6.45, 7) is 8.75. The van der Waals surface area contributed by atoms with Crippen LogP contribution in [0.4, 0.5) is 0 Å². The molecule has 0 saturated carbocycles. The molecule has 0 amide bonds. The van der Waals surface area contributed by atoms with Gasteiger partial charge in [0.2, 0.25) is 0 Å². The highest BCUT2D eigenvalue weighted by atomic mass is 127. The van der Waals surface area contributed by atoms with E-state index in [1.54, 1.807) is 7.11 Å². The first-order valence-electron chi connectivity index (χ1n) is 11.3. The molecular weight excluding hydrogens is 517 g/mol. The summed E-state index contributed by atoms with van der Waals surface area (Å²) in [6, 6.07) is 11.0. The van der Waals surface area contributed by atoms with Crippen molar-refractivity contribution < 1.29 is 4.74 Å². The molecule has 2 N–H and O–H groups in total. The fourth-order valence-electron chi connectivity index (χ4n) is 3.83. The summed E-state index contributed by atoms with van der Waals surface area (Å²) < 4.78 is 7.17. The Hall–Kier alpha value is -1.72. The van der Waals surface area contributed by atoms with Crippen molar-refractivity contribution >= 4 is 29.9 Å². The molecule has 1 saturated heterocycles. The summed E-state index contributed by atoms with van der Waals surface area (Å²) in [7, 11) is 3.75. The summed E-state index contributed by atoms with van der Waals surface area (Å²) >= 11 is 0. The van der Waals surface area contributed by atoms with Crippen LogP contribution < -0.4 is 10.6 Å². The van der Waals surface area contributed by atoms with Crippen LogP contribution in [0.15, 0.2) is 35.3 Å². The van der Waals surface area contributed by atoms with Crippen LogP contribution in [-0.2, 0) is 18.3 Å². The molecule has 1 aliphatic heterocycles. The first-order chi connectivity index (χ1) is 15.1. The largest absolute Gasteiger partial charge is 0.385 e. The lowest BCUT2D eigenvalue weighted by molar-refractivity contribution is 0.155. The number of piperidine rings is 1. The highest BCUT2D eigenvalue weighted by Gasteiger charge is 2.20. The number of halogens is 1. The van der Waals surface area contributed by atoms with Gasteiger partial charge in [-0.25, -0.2) is 4.99 Å². The number of aromatic nitrogens is 3. The molecule has 1 aromatic heterocycles. The summed E-state index contributed by atoms with van der Waals surface area (Å²) in [5.41, 5.74) is 1.24. The maximum atomic E-state index is 5.18. The molecule has 8 nitrogen and oxygen atoms in total. The van der Waals surface area contributed by atoms with Crippen LogP contribution >= 0.6 is 24.0 Å². The number of aliphatic imine (C=N–C) groups is 1. The highest BCUT2D eigenvalue weighted by Crippen LogP contribution is 2.13. The summed E-state index contributed by atoms with van der Waals surface area (Å²) in [5, 5.41) is 15.6. The molecule has 0 aliphatic carbocycles. The van der Waals surface area contributed by atoms with Crippen molar-refractivity contribution in [1.29, 1.82) is 0 Å². The number of nitrogens with zero attached hydrogens (tertiary/aromatic N) is 5. The van der Waals surface area contributed by atoms with E-state index in [0.717, 1.165) is 63.1 Å². The number of methoxy groups -OCH3 is 1. The first-order valence-corrected chi connectivity index (χ1v) is 11.3. The number of nitrogens with one attached hydrogen (secondary N) is 2. The van der Waals surface area contributed by atoms with Crippen LogP contribution in [0.2, 0.25) is 0 Å².